The Bertz CT molecular complexity index is 801. The van der Waals surface area contributed by atoms with E-state index >= 15 is 0 Å². The van der Waals surface area contributed by atoms with Crippen molar-refractivity contribution in [2.24, 2.45) is 5.92 Å². The molecule has 0 heterocycles. The number of carbonyl (C=O) groups is 2. The maximum atomic E-state index is 12.5. The SMILES string of the molecule is CN(CCCNC(=O)c1cccc(NC(=O)C2CCCCC2)c1)c1ccccc1. The third-order valence-electron chi connectivity index (χ3n) is 5.52. The first kappa shape index (κ1) is 20.9. The van der Waals surface area contributed by atoms with Crippen LogP contribution in [-0.4, -0.2) is 32.0 Å². The van der Waals surface area contributed by atoms with Gasteiger partial charge in [0, 0.05) is 43.0 Å². The van der Waals surface area contributed by atoms with Gasteiger partial charge < -0.3 is 15.5 Å². The summed E-state index contributed by atoms with van der Waals surface area (Å²) >= 11 is 0. The summed E-state index contributed by atoms with van der Waals surface area (Å²) in [6.45, 7) is 1.47. The molecule has 1 aliphatic rings. The molecule has 154 valence electrons. The molecule has 0 radical (unpaired) electrons. The van der Waals surface area contributed by atoms with E-state index in [1.54, 1.807) is 12.1 Å². The third kappa shape index (κ3) is 6.34. The largest absolute Gasteiger partial charge is 0.375 e. The Labute approximate surface area is 173 Å². The molecule has 3 rings (SSSR count). The molecule has 0 atom stereocenters. The van der Waals surface area contributed by atoms with Crippen molar-refractivity contribution in [1.82, 2.24) is 5.32 Å². The van der Waals surface area contributed by atoms with Crippen LogP contribution in [0.25, 0.3) is 0 Å². The van der Waals surface area contributed by atoms with Gasteiger partial charge >= 0.3 is 0 Å². The fourth-order valence-corrected chi connectivity index (χ4v) is 3.78. The summed E-state index contributed by atoms with van der Waals surface area (Å²) in [7, 11) is 2.05. The maximum absolute atomic E-state index is 12.5. The van der Waals surface area contributed by atoms with Crippen molar-refractivity contribution in [2.45, 2.75) is 38.5 Å². The minimum absolute atomic E-state index is 0.0752. The van der Waals surface area contributed by atoms with Gasteiger partial charge in [-0.05, 0) is 49.6 Å². The van der Waals surface area contributed by atoms with Crippen LogP contribution in [0.4, 0.5) is 11.4 Å². The topological polar surface area (TPSA) is 61.4 Å². The van der Waals surface area contributed by atoms with Gasteiger partial charge in [0.2, 0.25) is 5.91 Å². The van der Waals surface area contributed by atoms with E-state index in [0.29, 0.717) is 17.8 Å². The second-order valence-corrected chi connectivity index (χ2v) is 7.77. The first-order valence-electron chi connectivity index (χ1n) is 10.6. The summed E-state index contributed by atoms with van der Waals surface area (Å²) in [6.07, 6.45) is 6.25. The van der Waals surface area contributed by atoms with Gasteiger partial charge in [-0.25, -0.2) is 0 Å². The summed E-state index contributed by atoms with van der Waals surface area (Å²) < 4.78 is 0. The van der Waals surface area contributed by atoms with Crippen LogP contribution in [-0.2, 0) is 4.79 Å². The van der Waals surface area contributed by atoms with Crippen LogP contribution >= 0.6 is 0 Å². The zero-order valence-corrected chi connectivity index (χ0v) is 17.2. The molecule has 1 saturated carbocycles. The van der Waals surface area contributed by atoms with Crippen molar-refractivity contribution in [3.63, 3.8) is 0 Å². The molecule has 2 aromatic carbocycles. The Morgan fingerprint density at radius 3 is 2.52 bits per heavy atom. The van der Waals surface area contributed by atoms with Crippen LogP contribution in [0.15, 0.2) is 54.6 Å². The van der Waals surface area contributed by atoms with E-state index in [2.05, 4.69) is 34.7 Å². The number of para-hydroxylation sites is 1. The van der Waals surface area contributed by atoms with Crippen LogP contribution in [0, 0.1) is 5.92 Å². The maximum Gasteiger partial charge on any atom is 0.251 e. The van der Waals surface area contributed by atoms with Crippen LogP contribution in [0.5, 0.6) is 0 Å². The molecule has 1 aliphatic carbocycles. The van der Waals surface area contributed by atoms with E-state index < -0.39 is 0 Å². The van der Waals surface area contributed by atoms with Gasteiger partial charge in [-0.2, -0.15) is 0 Å². The van der Waals surface area contributed by atoms with Crippen molar-refractivity contribution in [3.8, 4) is 0 Å². The van der Waals surface area contributed by atoms with E-state index in [-0.39, 0.29) is 17.7 Å². The van der Waals surface area contributed by atoms with E-state index in [1.807, 2.05) is 30.3 Å². The molecule has 0 aliphatic heterocycles. The summed E-state index contributed by atoms with van der Waals surface area (Å²) in [5, 5.41) is 5.95. The van der Waals surface area contributed by atoms with Crippen LogP contribution in [0.2, 0.25) is 0 Å². The van der Waals surface area contributed by atoms with E-state index in [9.17, 15) is 9.59 Å². The summed E-state index contributed by atoms with van der Waals surface area (Å²) in [5.74, 6) is 0.0650. The summed E-state index contributed by atoms with van der Waals surface area (Å²) in [5.41, 5.74) is 2.43. The average molecular weight is 394 g/mol. The van der Waals surface area contributed by atoms with Crippen molar-refractivity contribution in [1.29, 1.82) is 0 Å². The van der Waals surface area contributed by atoms with Crippen molar-refractivity contribution in [2.75, 3.05) is 30.4 Å². The number of rotatable bonds is 8. The Kier molecular flexibility index (Phi) is 7.68. The molecule has 0 aromatic heterocycles. The lowest BCUT2D eigenvalue weighted by molar-refractivity contribution is -0.120. The highest BCUT2D eigenvalue weighted by Gasteiger charge is 2.21. The number of anilines is 2. The molecule has 0 unspecified atom stereocenters. The molecule has 5 heteroatoms. The minimum atomic E-state index is -0.110. The monoisotopic (exact) mass is 393 g/mol. The fraction of sp³-hybridized carbons (Fsp3) is 0.417. The first-order chi connectivity index (χ1) is 14.1. The normalized spacial score (nSPS) is 14.2. The molecule has 0 spiro atoms. The van der Waals surface area contributed by atoms with E-state index in [0.717, 1.165) is 38.6 Å². The molecular formula is C24H31N3O2. The molecule has 5 nitrogen and oxygen atoms in total. The van der Waals surface area contributed by atoms with Crippen LogP contribution < -0.4 is 15.5 Å². The first-order valence-corrected chi connectivity index (χ1v) is 10.6. The Morgan fingerprint density at radius 1 is 1.00 bits per heavy atom. The smallest absolute Gasteiger partial charge is 0.251 e. The fourth-order valence-electron chi connectivity index (χ4n) is 3.78. The number of hydrogen-bond donors (Lipinski definition) is 2. The van der Waals surface area contributed by atoms with Crippen molar-refractivity contribution in [3.05, 3.63) is 60.2 Å². The lowest BCUT2D eigenvalue weighted by atomic mass is 9.88. The predicted octanol–water partition coefficient (Wildman–Crippen LogP) is 4.46. The van der Waals surface area contributed by atoms with Crippen molar-refractivity contribution >= 4 is 23.2 Å². The third-order valence-corrected chi connectivity index (χ3v) is 5.52. The zero-order valence-electron chi connectivity index (χ0n) is 17.2. The summed E-state index contributed by atoms with van der Waals surface area (Å²) in [6, 6.07) is 17.4. The standard InChI is InChI=1S/C24H31N3O2/c1-27(22-14-6-3-7-15-22)17-9-16-25-23(28)20-12-8-13-21(18-20)26-24(29)19-10-4-2-5-11-19/h3,6-8,12-15,18-19H,2,4-5,9-11,16-17H2,1H3,(H,25,28)(H,26,29). The Balaban J connectivity index is 1.44. The molecule has 2 N–H and O–H groups in total. The van der Waals surface area contributed by atoms with Gasteiger partial charge in [-0.3, -0.25) is 9.59 Å². The summed E-state index contributed by atoms with van der Waals surface area (Å²) in [4.78, 5) is 27.1. The second-order valence-electron chi connectivity index (χ2n) is 7.77. The van der Waals surface area contributed by atoms with Gasteiger partial charge in [0.15, 0.2) is 0 Å². The molecule has 1 fully saturated rings. The van der Waals surface area contributed by atoms with Gasteiger partial charge in [-0.1, -0.05) is 43.5 Å². The molecule has 2 aromatic rings. The van der Waals surface area contributed by atoms with Crippen LogP contribution in [0.3, 0.4) is 0 Å². The lowest BCUT2D eigenvalue weighted by Gasteiger charge is -2.21. The number of hydrogen-bond acceptors (Lipinski definition) is 3. The quantitative estimate of drug-likeness (QED) is 0.651. The van der Waals surface area contributed by atoms with Crippen molar-refractivity contribution < 1.29 is 9.59 Å². The van der Waals surface area contributed by atoms with Gasteiger partial charge in [0.05, 0.1) is 0 Å². The highest BCUT2D eigenvalue weighted by atomic mass is 16.2. The number of nitrogens with zero attached hydrogens (tertiary/aromatic N) is 1. The van der Waals surface area contributed by atoms with Crippen LogP contribution in [0.1, 0.15) is 48.9 Å². The highest BCUT2D eigenvalue weighted by Crippen LogP contribution is 2.25. The Hall–Kier alpha value is -2.82. The lowest BCUT2D eigenvalue weighted by Crippen LogP contribution is -2.28. The number of benzene rings is 2. The molecular weight excluding hydrogens is 362 g/mol. The van der Waals surface area contributed by atoms with Gasteiger partial charge in [-0.15, -0.1) is 0 Å². The molecule has 29 heavy (non-hydrogen) atoms. The molecule has 0 saturated heterocycles. The molecule has 0 bridgehead atoms. The van der Waals surface area contributed by atoms with E-state index in [4.69, 9.17) is 0 Å². The number of nitrogens with one attached hydrogen (secondary N) is 2. The second kappa shape index (κ2) is 10.6. The van der Waals surface area contributed by atoms with Gasteiger partial charge in [0.25, 0.3) is 5.91 Å². The number of amides is 2. The Morgan fingerprint density at radius 2 is 1.76 bits per heavy atom. The van der Waals surface area contributed by atoms with Gasteiger partial charge in [0.1, 0.15) is 0 Å². The average Bonchev–Trinajstić information content (AvgIpc) is 2.77. The number of carbonyl (C=O) groups excluding carboxylic acids is 2. The highest BCUT2D eigenvalue weighted by molar-refractivity contribution is 5.97. The minimum Gasteiger partial charge on any atom is -0.375 e. The molecule has 2 amide bonds. The predicted molar refractivity (Wildman–Crippen MR) is 118 cm³/mol. The zero-order chi connectivity index (χ0) is 20.5. The van der Waals surface area contributed by atoms with E-state index in [1.165, 1.54) is 12.1 Å².